The highest BCUT2D eigenvalue weighted by Crippen LogP contribution is 2.20. The Bertz CT molecular complexity index is 254. The van der Waals surface area contributed by atoms with Crippen LogP contribution >= 0.6 is 0 Å². The summed E-state index contributed by atoms with van der Waals surface area (Å²) in [6, 6.07) is 9.70. The quantitative estimate of drug-likeness (QED) is 0.546. The lowest BCUT2D eigenvalue weighted by molar-refractivity contribution is 0.0707. The molecule has 2 rings (SSSR count). The Kier molecular flexibility index (Phi) is 1.84. The summed E-state index contributed by atoms with van der Waals surface area (Å²) in [6.45, 7) is 1.13. The number of β-amino-alcohol motifs (C(OH)–C–C–N with tert-alkyl or cyclic N) is 1. The maximum absolute atomic E-state index is 10.0. The second-order valence-corrected chi connectivity index (χ2v) is 3.10. The zero-order chi connectivity index (χ0) is 8.44. The Balaban J connectivity index is 2.29. The molecule has 0 spiro atoms. The first-order valence-electron chi connectivity index (χ1n) is 4.05. The van der Waals surface area contributed by atoms with Gasteiger partial charge in [-0.25, -0.2) is 0 Å². The lowest BCUT2D eigenvalue weighted by atomic mass is 9.95. The molecule has 64 valence electrons. The van der Waals surface area contributed by atoms with Crippen molar-refractivity contribution in [3.8, 4) is 0 Å². The molecule has 3 N–H and O–H groups in total. The Labute approximate surface area is 71.4 Å². The van der Waals surface area contributed by atoms with Gasteiger partial charge in [-0.15, -0.1) is 0 Å². The van der Waals surface area contributed by atoms with Crippen molar-refractivity contribution in [3.05, 3.63) is 35.9 Å². The number of hydrazine groups is 1. The van der Waals surface area contributed by atoms with E-state index in [0.29, 0.717) is 13.1 Å². The van der Waals surface area contributed by atoms with Crippen molar-refractivity contribution in [3.63, 3.8) is 0 Å². The van der Waals surface area contributed by atoms with Crippen molar-refractivity contribution in [2.24, 2.45) is 0 Å². The zero-order valence-electron chi connectivity index (χ0n) is 6.75. The average Bonchev–Trinajstić information content (AvgIpc) is 2.55. The summed E-state index contributed by atoms with van der Waals surface area (Å²) in [5, 5.41) is 10.0. The first kappa shape index (κ1) is 7.73. The molecule has 0 bridgehead atoms. The van der Waals surface area contributed by atoms with Crippen LogP contribution in [-0.4, -0.2) is 18.2 Å². The molecule has 1 aliphatic heterocycles. The molecule has 1 aliphatic rings. The third-order valence-corrected chi connectivity index (χ3v) is 2.20. The van der Waals surface area contributed by atoms with Crippen LogP contribution in [0.15, 0.2) is 30.3 Å². The summed E-state index contributed by atoms with van der Waals surface area (Å²) in [5.74, 6) is 0. The molecule has 1 saturated heterocycles. The van der Waals surface area contributed by atoms with Crippen molar-refractivity contribution >= 4 is 0 Å². The molecule has 0 unspecified atom stereocenters. The van der Waals surface area contributed by atoms with E-state index in [4.69, 9.17) is 0 Å². The summed E-state index contributed by atoms with van der Waals surface area (Å²) < 4.78 is 0. The molecule has 12 heavy (non-hydrogen) atoms. The topological polar surface area (TPSA) is 44.3 Å². The van der Waals surface area contributed by atoms with Gasteiger partial charge in [-0.3, -0.25) is 10.9 Å². The van der Waals surface area contributed by atoms with Gasteiger partial charge in [0, 0.05) is 13.1 Å². The average molecular weight is 164 g/mol. The number of hydrogen-bond acceptors (Lipinski definition) is 3. The highest BCUT2D eigenvalue weighted by molar-refractivity contribution is 5.24. The molecule has 0 saturated carbocycles. The van der Waals surface area contributed by atoms with Crippen LogP contribution in [0.4, 0.5) is 0 Å². The first-order chi connectivity index (χ1) is 5.81. The summed E-state index contributed by atoms with van der Waals surface area (Å²) in [4.78, 5) is 0. The maximum Gasteiger partial charge on any atom is 0.117 e. The van der Waals surface area contributed by atoms with E-state index in [0.717, 1.165) is 5.56 Å². The second-order valence-electron chi connectivity index (χ2n) is 3.10. The van der Waals surface area contributed by atoms with Crippen molar-refractivity contribution in [1.82, 2.24) is 10.9 Å². The van der Waals surface area contributed by atoms with E-state index < -0.39 is 5.60 Å². The number of rotatable bonds is 1. The largest absolute Gasteiger partial charge is 0.382 e. The van der Waals surface area contributed by atoms with Gasteiger partial charge in [0.1, 0.15) is 5.60 Å². The lowest BCUT2D eigenvalue weighted by Gasteiger charge is -2.20. The van der Waals surface area contributed by atoms with Gasteiger partial charge < -0.3 is 5.11 Å². The second kappa shape index (κ2) is 2.86. The van der Waals surface area contributed by atoms with Gasteiger partial charge in [0.05, 0.1) is 0 Å². The minimum Gasteiger partial charge on any atom is -0.382 e. The van der Waals surface area contributed by atoms with E-state index in [9.17, 15) is 5.11 Å². The van der Waals surface area contributed by atoms with E-state index >= 15 is 0 Å². The number of hydrogen-bond donors (Lipinski definition) is 3. The Morgan fingerprint density at radius 1 is 1.08 bits per heavy atom. The molecule has 0 amide bonds. The van der Waals surface area contributed by atoms with Crippen LogP contribution in [0, 0.1) is 0 Å². The molecule has 3 nitrogen and oxygen atoms in total. The maximum atomic E-state index is 10.0. The Hall–Kier alpha value is -0.900. The number of nitrogens with one attached hydrogen (secondary N) is 2. The lowest BCUT2D eigenvalue weighted by Crippen LogP contribution is -2.31. The van der Waals surface area contributed by atoms with Crippen LogP contribution in [0.2, 0.25) is 0 Å². The van der Waals surface area contributed by atoms with Crippen LogP contribution < -0.4 is 10.9 Å². The molecule has 0 aliphatic carbocycles. The van der Waals surface area contributed by atoms with E-state index in [-0.39, 0.29) is 0 Å². The van der Waals surface area contributed by atoms with Crippen molar-refractivity contribution in [2.75, 3.05) is 13.1 Å². The van der Waals surface area contributed by atoms with Crippen LogP contribution in [0.1, 0.15) is 5.56 Å². The summed E-state index contributed by atoms with van der Waals surface area (Å²) >= 11 is 0. The van der Waals surface area contributed by atoms with Gasteiger partial charge in [-0.05, 0) is 5.56 Å². The number of aliphatic hydroxyl groups is 1. The highest BCUT2D eigenvalue weighted by Gasteiger charge is 2.32. The Morgan fingerprint density at radius 3 is 2.25 bits per heavy atom. The summed E-state index contributed by atoms with van der Waals surface area (Å²) in [6.07, 6.45) is 0. The molecule has 1 heterocycles. The van der Waals surface area contributed by atoms with E-state index in [1.54, 1.807) is 0 Å². The van der Waals surface area contributed by atoms with Gasteiger partial charge in [0.25, 0.3) is 0 Å². The zero-order valence-corrected chi connectivity index (χ0v) is 6.75. The smallest absolute Gasteiger partial charge is 0.117 e. The fourth-order valence-corrected chi connectivity index (χ4v) is 1.43. The normalized spacial score (nSPS) is 21.1. The molecular formula is C9H12N2O. The van der Waals surface area contributed by atoms with Crippen molar-refractivity contribution in [2.45, 2.75) is 5.60 Å². The van der Waals surface area contributed by atoms with Gasteiger partial charge in [0.2, 0.25) is 0 Å². The van der Waals surface area contributed by atoms with Gasteiger partial charge in [-0.2, -0.15) is 0 Å². The fourth-order valence-electron chi connectivity index (χ4n) is 1.43. The van der Waals surface area contributed by atoms with Crippen LogP contribution in [-0.2, 0) is 5.60 Å². The SMILES string of the molecule is OC1(c2ccccc2)CNNC1. The predicted octanol–water partition coefficient (Wildman–Crippen LogP) is -0.0180. The van der Waals surface area contributed by atoms with Crippen LogP contribution in [0.5, 0.6) is 0 Å². The third-order valence-electron chi connectivity index (χ3n) is 2.20. The summed E-state index contributed by atoms with van der Waals surface area (Å²) in [5.41, 5.74) is 6.05. The van der Waals surface area contributed by atoms with Gasteiger partial charge >= 0.3 is 0 Å². The predicted molar refractivity (Wildman–Crippen MR) is 46.3 cm³/mol. The third kappa shape index (κ3) is 1.22. The van der Waals surface area contributed by atoms with E-state index in [1.807, 2.05) is 30.3 Å². The molecule has 3 heteroatoms. The van der Waals surface area contributed by atoms with Crippen molar-refractivity contribution < 1.29 is 5.11 Å². The molecule has 1 fully saturated rings. The fraction of sp³-hybridized carbons (Fsp3) is 0.333. The summed E-state index contributed by atoms with van der Waals surface area (Å²) in [7, 11) is 0. The van der Waals surface area contributed by atoms with E-state index in [1.165, 1.54) is 0 Å². The van der Waals surface area contributed by atoms with Crippen molar-refractivity contribution in [1.29, 1.82) is 0 Å². The van der Waals surface area contributed by atoms with Gasteiger partial charge in [-0.1, -0.05) is 30.3 Å². The first-order valence-corrected chi connectivity index (χ1v) is 4.05. The standard InChI is InChI=1S/C9H12N2O/c12-9(6-10-11-7-9)8-4-2-1-3-5-8/h1-5,10-12H,6-7H2. The van der Waals surface area contributed by atoms with E-state index in [2.05, 4.69) is 10.9 Å². The molecule has 0 radical (unpaired) electrons. The highest BCUT2D eigenvalue weighted by atomic mass is 16.3. The molecule has 1 aromatic rings. The Morgan fingerprint density at radius 2 is 1.67 bits per heavy atom. The monoisotopic (exact) mass is 164 g/mol. The minimum atomic E-state index is -0.735. The molecule has 1 aromatic carbocycles. The molecule has 0 aromatic heterocycles. The minimum absolute atomic E-state index is 0.566. The molecule has 0 atom stereocenters. The number of benzene rings is 1. The molecular weight excluding hydrogens is 152 g/mol. The van der Waals surface area contributed by atoms with Crippen LogP contribution in [0.3, 0.4) is 0 Å². The van der Waals surface area contributed by atoms with Crippen LogP contribution in [0.25, 0.3) is 0 Å². The van der Waals surface area contributed by atoms with Gasteiger partial charge in [0.15, 0.2) is 0 Å².